The van der Waals surface area contributed by atoms with E-state index < -0.39 is 0 Å². The third-order valence-electron chi connectivity index (χ3n) is 7.02. The van der Waals surface area contributed by atoms with E-state index in [1.54, 1.807) is 0 Å². The first-order chi connectivity index (χ1) is 16.7. The Morgan fingerprint density at radius 3 is 2.24 bits per heavy atom. The molecule has 0 amide bonds. The van der Waals surface area contributed by atoms with Crippen molar-refractivity contribution >= 4 is 12.0 Å². The SMILES string of the molecule is CN1CC(CN2CCCCC2)Cc2ccccc21.O=CCCc1ccc(-c2ccccc2)cc1. The van der Waals surface area contributed by atoms with Gasteiger partial charge >= 0.3 is 0 Å². The summed E-state index contributed by atoms with van der Waals surface area (Å²) in [5, 5.41) is 0. The third kappa shape index (κ3) is 6.80. The molecule has 34 heavy (non-hydrogen) atoms. The fourth-order valence-corrected chi connectivity index (χ4v) is 5.27. The Hall–Kier alpha value is -2.91. The number of carbonyl (C=O) groups excluding carboxylic acids is 1. The summed E-state index contributed by atoms with van der Waals surface area (Å²) in [6.07, 6.45) is 7.90. The van der Waals surface area contributed by atoms with Gasteiger partial charge in [-0.1, -0.05) is 79.2 Å². The van der Waals surface area contributed by atoms with Gasteiger partial charge in [0.1, 0.15) is 6.29 Å². The molecule has 1 atom stereocenters. The van der Waals surface area contributed by atoms with Gasteiger partial charge in [-0.2, -0.15) is 0 Å². The maximum Gasteiger partial charge on any atom is 0.120 e. The van der Waals surface area contributed by atoms with E-state index in [-0.39, 0.29) is 0 Å². The third-order valence-corrected chi connectivity index (χ3v) is 7.02. The van der Waals surface area contributed by atoms with E-state index in [4.69, 9.17) is 0 Å². The average Bonchev–Trinajstić information content (AvgIpc) is 2.89. The van der Waals surface area contributed by atoms with Gasteiger partial charge in [0.25, 0.3) is 0 Å². The van der Waals surface area contributed by atoms with E-state index in [1.165, 1.54) is 79.8 Å². The normalized spacial score (nSPS) is 17.9. The molecule has 0 N–H and O–H groups in total. The van der Waals surface area contributed by atoms with Crippen molar-refractivity contribution < 1.29 is 4.79 Å². The number of nitrogens with zero attached hydrogens (tertiary/aromatic N) is 2. The molecule has 0 saturated carbocycles. The predicted octanol–water partition coefficient (Wildman–Crippen LogP) is 6.27. The van der Waals surface area contributed by atoms with Crippen molar-refractivity contribution in [1.82, 2.24) is 4.90 Å². The topological polar surface area (TPSA) is 23.6 Å². The van der Waals surface area contributed by atoms with Crippen molar-refractivity contribution in [3.05, 3.63) is 90.0 Å². The molecule has 0 radical (unpaired) electrons. The molecule has 3 aromatic carbocycles. The molecule has 5 rings (SSSR count). The molecule has 0 aromatic heterocycles. The van der Waals surface area contributed by atoms with Gasteiger partial charge in [-0.15, -0.1) is 0 Å². The Morgan fingerprint density at radius 2 is 1.50 bits per heavy atom. The number of benzene rings is 3. The highest BCUT2D eigenvalue weighted by Crippen LogP contribution is 2.29. The van der Waals surface area contributed by atoms with Crippen molar-refractivity contribution in [2.45, 2.75) is 38.5 Å². The predicted molar refractivity (Wildman–Crippen MR) is 143 cm³/mol. The highest BCUT2D eigenvalue weighted by atomic mass is 16.1. The molecule has 0 bridgehead atoms. The molecule has 3 nitrogen and oxygen atoms in total. The summed E-state index contributed by atoms with van der Waals surface area (Å²) >= 11 is 0. The summed E-state index contributed by atoms with van der Waals surface area (Å²) in [6, 6.07) is 27.6. The molecule has 178 valence electrons. The van der Waals surface area contributed by atoms with E-state index in [0.717, 1.165) is 18.6 Å². The maximum atomic E-state index is 10.3. The van der Waals surface area contributed by atoms with Gasteiger partial charge in [0.2, 0.25) is 0 Å². The second-order valence-corrected chi connectivity index (χ2v) is 9.71. The van der Waals surface area contributed by atoms with E-state index >= 15 is 0 Å². The Balaban J connectivity index is 0.000000162. The molecule has 2 aliphatic heterocycles. The van der Waals surface area contributed by atoms with Crippen molar-refractivity contribution in [1.29, 1.82) is 0 Å². The fraction of sp³-hybridized carbons (Fsp3) is 0.387. The van der Waals surface area contributed by atoms with Gasteiger partial charge < -0.3 is 14.6 Å². The number of hydrogen-bond acceptors (Lipinski definition) is 3. The first-order valence-electron chi connectivity index (χ1n) is 12.8. The number of hydrogen-bond donors (Lipinski definition) is 0. The zero-order chi connectivity index (χ0) is 23.6. The van der Waals surface area contributed by atoms with Crippen LogP contribution in [0.5, 0.6) is 0 Å². The first kappa shape index (κ1) is 24.2. The van der Waals surface area contributed by atoms with Crippen molar-refractivity contribution in [2.24, 2.45) is 5.92 Å². The average molecular weight is 455 g/mol. The van der Waals surface area contributed by atoms with Crippen LogP contribution >= 0.6 is 0 Å². The number of fused-ring (bicyclic) bond motifs is 1. The molecule has 1 fully saturated rings. The largest absolute Gasteiger partial charge is 0.374 e. The summed E-state index contributed by atoms with van der Waals surface area (Å²) < 4.78 is 0. The molecule has 1 saturated heterocycles. The Bertz CT molecular complexity index is 1010. The Kier molecular flexibility index (Phi) is 8.92. The second kappa shape index (κ2) is 12.5. The molecule has 3 aromatic rings. The number of aldehydes is 1. The quantitative estimate of drug-likeness (QED) is 0.410. The zero-order valence-corrected chi connectivity index (χ0v) is 20.5. The van der Waals surface area contributed by atoms with Crippen LogP contribution in [-0.2, 0) is 17.6 Å². The van der Waals surface area contributed by atoms with Crippen LogP contribution in [0.4, 0.5) is 5.69 Å². The van der Waals surface area contributed by atoms with E-state index in [2.05, 4.69) is 77.5 Å². The van der Waals surface area contributed by atoms with Crippen LogP contribution in [0.1, 0.15) is 36.8 Å². The number of aryl methyl sites for hydroxylation is 1. The number of rotatable bonds is 6. The van der Waals surface area contributed by atoms with Crippen LogP contribution in [0.2, 0.25) is 0 Å². The van der Waals surface area contributed by atoms with Crippen LogP contribution in [0, 0.1) is 5.92 Å². The number of likely N-dealkylation sites (tertiary alicyclic amines) is 1. The Labute approximate surface area is 205 Å². The lowest BCUT2D eigenvalue weighted by Crippen LogP contribution is -2.41. The van der Waals surface area contributed by atoms with Gasteiger partial charge in [0, 0.05) is 32.2 Å². The van der Waals surface area contributed by atoms with Crippen LogP contribution in [0.3, 0.4) is 0 Å². The van der Waals surface area contributed by atoms with Crippen molar-refractivity contribution in [2.75, 3.05) is 38.1 Å². The van der Waals surface area contributed by atoms with E-state index in [9.17, 15) is 4.79 Å². The smallest absolute Gasteiger partial charge is 0.120 e. The van der Waals surface area contributed by atoms with Crippen LogP contribution in [-0.4, -0.2) is 44.4 Å². The number of carbonyl (C=O) groups is 1. The number of piperidine rings is 1. The lowest BCUT2D eigenvalue weighted by molar-refractivity contribution is -0.107. The molecular formula is C31H38N2O. The highest BCUT2D eigenvalue weighted by molar-refractivity contribution is 5.63. The minimum absolute atomic E-state index is 0.602. The van der Waals surface area contributed by atoms with Crippen LogP contribution < -0.4 is 4.90 Å². The van der Waals surface area contributed by atoms with Gasteiger partial charge in [-0.05, 0) is 73.0 Å². The van der Waals surface area contributed by atoms with Crippen LogP contribution in [0.25, 0.3) is 11.1 Å². The minimum atomic E-state index is 0.602. The van der Waals surface area contributed by atoms with E-state index in [1.807, 2.05) is 18.2 Å². The minimum Gasteiger partial charge on any atom is -0.374 e. The Morgan fingerprint density at radius 1 is 0.824 bits per heavy atom. The maximum absolute atomic E-state index is 10.3. The molecule has 2 heterocycles. The highest BCUT2D eigenvalue weighted by Gasteiger charge is 2.24. The number of para-hydroxylation sites is 1. The summed E-state index contributed by atoms with van der Waals surface area (Å²) in [5.41, 5.74) is 6.63. The van der Waals surface area contributed by atoms with E-state index in [0.29, 0.717) is 6.42 Å². The summed E-state index contributed by atoms with van der Waals surface area (Å²) in [7, 11) is 2.24. The second-order valence-electron chi connectivity index (χ2n) is 9.71. The summed E-state index contributed by atoms with van der Waals surface area (Å²) in [4.78, 5) is 15.4. The van der Waals surface area contributed by atoms with Gasteiger partial charge in [0.15, 0.2) is 0 Å². The lowest BCUT2D eigenvalue weighted by Gasteiger charge is -2.37. The van der Waals surface area contributed by atoms with Gasteiger partial charge in [-0.25, -0.2) is 0 Å². The molecule has 0 aliphatic carbocycles. The molecule has 2 aliphatic rings. The fourth-order valence-electron chi connectivity index (χ4n) is 5.27. The number of anilines is 1. The lowest BCUT2D eigenvalue weighted by atomic mass is 9.92. The molecular weight excluding hydrogens is 416 g/mol. The molecule has 0 spiro atoms. The summed E-state index contributed by atoms with van der Waals surface area (Å²) in [6.45, 7) is 5.15. The van der Waals surface area contributed by atoms with Gasteiger partial charge in [-0.3, -0.25) is 0 Å². The van der Waals surface area contributed by atoms with Crippen molar-refractivity contribution in [3.63, 3.8) is 0 Å². The first-order valence-corrected chi connectivity index (χ1v) is 12.8. The van der Waals surface area contributed by atoms with Crippen LogP contribution in [0.15, 0.2) is 78.9 Å². The summed E-state index contributed by atoms with van der Waals surface area (Å²) in [5.74, 6) is 0.808. The van der Waals surface area contributed by atoms with Gasteiger partial charge in [0.05, 0.1) is 0 Å². The zero-order valence-electron chi connectivity index (χ0n) is 20.5. The standard InChI is InChI=1S/C16H24N2.C15H14O/c1-17-12-14(13-18-9-5-2-6-10-18)11-15-7-3-4-8-16(15)17;16-12-4-5-13-8-10-15(11-9-13)14-6-2-1-3-7-14/h3-4,7-8,14H,2,5-6,9-13H2,1H3;1-3,6-12H,4-5H2. The van der Waals surface area contributed by atoms with Crippen molar-refractivity contribution in [3.8, 4) is 11.1 Å². The molecule has 1 unspecified atom stereocenters. The molecule has 3 heteroatoms. The monoisotopic (exact) mass is 454 g/mol.